The molecule has 1 aromatic heterocycles. The average Bonchev–Trinajstić information content (AvgIpc) is 2.42. The maximum Gasteiger partial charge on any atom is 0.228 e. The fraction of sp³-hybridized carbons (Fsp3) is 0.231. The minimum atomic E-state index is -0.174. The predicted molar refractivity (Wildman–Crippen MR) is 65.6 cm³/mol. The number of benzene rings is 1. The van der Waals surface area contributed by atoms with Gasteiger partial charge in [0.1, 0.15) is 6.33 Å². The van der Waals surface area contributed by atoms with Gasteiger partial charge in [-0.1, -0.05) is 12.1 Å². The molecule has 0 aliphatic rings. The topological polar surface area (TPSA) is 64.5 Å². The van der Waals surface area contributed by atoms with Gasteiger partial charge in [0.2, 0.25) is 5.88 Å². The molecule has 1 N–H and O–H groups in total. The average molecular weight is 246 g/mol. The van der Waals surface area contributed by atoms with Gasteiger partial charge >= 0.3 is 0 Å². The van der Waals surface area contributed by atoms with E-state index in [1.54, 1.807) is 6.07 Å². The lowest BCUT2D eigenvalue weighted by molar-refractivity contribution is 0.272. The van der Waals surface area contributed by atoms with Crippen molar-refractivity contribution in [2.24, 2.45) is 0 Å². The number of rotatable bonds is 5. The van der Waals surface area contributed by atoms with Crippen molar-refractivity contribution >= 4 is 0 Å². The van der Waals surface area contributed by atoms with Gasteiger partial charge in [-0.2, -0.15) is 0 Å². The molecule has 5 nitrogen and oxygen atoms in total. The van der Waals surface area contributed by atoms with Crippen LogP contribution in [0.5, 0.6) is 17.4 Å². The van der Waals surface area contributed by atoms with Crippen molar-refractivity contribution in [3.8, 4) is 17.4 Å². The van der Waals surface area contributed by atoms with E-state index >= 15 is 0 Å². The summed E-state index contributed by atoms with van der Waals surface area (Å²) in [5, 5.41) is 9.18. The zero-order valence-corrected chi connectivity index (χ0v) is 10.0. The largest absolute Gasteiger partial charge is 0.490 e. The highest BCUT2D eigenvalue weighted by Gasteiger charge is 2.09. The lowest BCUT2D eigenvalue weighted by Gasteiger charge is -2.11. The van der Waals surface area contributed by atoms with E-state index in [1.807, 2.05) is 25.1 Å². The molecule has 1 aromatic carbocycles. The second kappa shape index (κ2) is 5.97. The zero-order valence-electron chi connectivity index (χ0n) is 10.0. The molecule has 0 saturated carbocycles. The van der Waals surface area contributed by atoms with Gasteiger partial charge in [-0.25, -0.2) is 9.97 Å². The van der Waals surface area contributed by atoms with Gasteiger partial charge in [0.05, 0.1) is 18.8 Å². The molecule has 2 aromatic rings. The Labute approximate surface area is 105 Å². The highest BCUT2D eigenvalue weighted by molar-refractivity contribution is 5.42. The maximum atomic E-state index is 9.18. The monoisotopic (exact) mass is 246 g/mol. The van der Waals surface area contributed by atoms with E-state index < -0.39 is 0 Å². The van der Waals surface area contributed by atoms with Crippen molar-refractivity contribution in [1.82, 2.24) is 9.97 Å². The number of para-hydroxylation sites is 2. The lowest BCUT2D eigenvalue weighted by atomic mass is 10.3. The van der Waals surface area contributed by atoms with Crippen LogP contribution in [-0.2, 0) is 6.61 Å². The molecule has 18 heavy (non-hydrogen) atoms. The van der Waals surface area contributed by atoms with Gasteiger partial charge in [0.25, 0.3) is 0 Å². The van der Waals surface area contributed by atoms with E-state index in [4.69, 9.17) is 9.47 Å². The SMILES string of the molecule is CCOc1ccccc1Oc1ncncc1CO. The van der Waals surface area contributed by atoms with Gasteiger partial charge in [-0.15, -0.1) is 0 Å². The summed E-state index contributed by atoms with van der Waals surface area (Å²) >= 11 is 0. The summed E-state index contributed by atoms with van der Waals surface area (Å²) in [5.74, 6) is 1.54. The number of aromatic nitrogens is 2. The van der Waals surface area contributed by atoms with Gasteiger partial charge in [-0.3, -0.25) is 0 Å². The van der Waals surface area contributed by atoms with Gasteiger partial charge in [0, 0.05) is 6.20 Å². The minimum Gasteiger partial charge on any atom is -0.490 e. The van der Waals surface area contributed by atoms with Crippen molar-refractivity contribution in [3.63, 3.8) is 0 Å². The molecule has 0 atom stereocenters. The fourth-order valence-electron chi connectivity index (χ4n) is 1.46. The Balaban J connectivity index is 2.28. The third kappa shape index (κ3) is 2.75. The van der Waals surface area contributed by atoms with E-state index in [9.17, 15) is 5.11 Å². The van der Waals surface area contributed by atoms with E-state index in [2.05, 4.69) is 9.97 Å². The number of nitrogens with zero attached hydrogens (tertiary/aromatic N) is 2. The molecule has 0 spiro atoms. The molecule has 1 heterocycles. The summed E-state index contributed by atoms with van der Waals surface area (Å²) in [4.78, 5) is 7.83. The van der Waals surface area contributed by atoms with Crippen molar-refractivity contribution in [1.29, 1.82) is 0 Å². The Hall–Kier alpha value is -2.14. The number of aliphatic hydroxyl groups is 1. The van der Waals surface area contributed by atoms with Crippen LogP contribution in [0, 0.1) is 0 Å². The van der Waals surface area contributed by atoms with E-state index in [0.29, 0.717) is 29.5 Å². The molecule has 94 valence electrons. The molecule has 0 bridgehead atoms. The van der Waals surface area contributed by atoms with Crippen molar-refractivity contribution in [2.75, 3.05) is 6.61 Å². The smallest absolute Gasteiger partial charge is 0.228 e. The standard InChI is InChI=1S/C13H14N2O3/c1-2-17-11-5-3-4-6-12(11)18-13-10(8-16)7-14-9-15-13/h3-7,9,16H,2,8H2,1H3. The third-order valence-electron chi connectivity index (χ3n) is 2.27. The molecule has 0 unspecified atom stereocenters. The summed E-state index contributed by atoms with van der Waals surface area (Å²) < 4.78 is 11.1. The Morgan fingerprint density at radius 3 is 2.72 bits per heavy atom. The summed E-state index contributed by atoms with van der Waals surface area (Å²) in [7, 11) is 0. The molecule has 5 heteroatoms. The first-order valence-electron chi connectivity index (χ1n) is 5.64. The Morgan fingerprint density at radius 1 is 1.22 bits per heavy atom. The minimum absolute atomic E-state index is 0.174. The number of aliphatic hydroxyl groups excluding tert-OH is 1. The first-order chi connectivity index (χ1) is 8.85. The van der Waals surface area contributed by atoms with Crippen LogP contribution >= 0.6 is 0 Å². The summed E-state index contributed by atoms with van der Waals surface area (Å²) in [6, 6.07) is 7.31. The number of ether oxygens (including phenoxy) is 2. The maximum absolute atomic E-state index is 9.18. The van der Waals surface area contributed by atoms with Crippen LogP contribution in [0.3, 0.4) is 0 Å². The molecule has 2 rings (SSSR count). The molecule has 0 aliphatic heterocycles. The summed E-state index contributed by atoms with van der Waals surface area (Å²) in [6.45, 7) is 2.28. The van der Waals surface area contributed by atoms with E-state index in [0.717, 1.165) is 0 Å². The highest BCUT2D eigenvalue weighted by atomic mass is 16.5. The van der Waals surface area contributed by atoms with Gasteiger partial charge < -0.3 is 14.6 Å². The highest BCUT2D eigenvalue weighted by Crippen LogP contribution is 2.31. The van der Waals surface area contributed by atoms with Crippen molar-refractivity contribution in [3.05, 3.63) is 42.4 Å². The van der Waals surface area contributed by atoms with E-state index in [-0.39, 0.29) is 6.61 Å². The Bertz CT molecular complexity index is 517. The van der Waals surface area contributed by atoms with E-state index in [1.165, 1.54) is 12.5 Å². The lowest BCUT2D eigenvalue weighted by Crippen LogP contribution is -1.98. The Morgan fingerprint density at radius 2 is 2.00 bits per heavy atom. The Kier molecular flexibility index (Phi) is 4.09. The molecular formula is C13H14N2O3. The zero-order chi connectivity index (χ0) is 12.8. The predicted octanol–water partition coefficient (Wildman–Crippen LogP) is 2.16. The molecule has 0 radical (unpaired) electrons. The van der Waals surface area contributed by atoms with Gasteiger partial charge in [0.15, 0.2) is 11.5 Å². The summed E-state index contributed by atoms with van der Waals surface area (Å²) in [6.07, 6.45) is 2.89. The van der Waals surface area contributed by atoms with Crippen LogP contribution in [0.4, 0.5) is 0 Å². The normalized spacial score (nSPS) is 10.1. The second-order valence-corrected chi connectivity index (χ2v) is 3.49. The van der Waals surface area contributed by atoms with Gasteiger partial charge in [-0.05, 0) is 19.1 Å². The summed E-state index contributed by atoms with van der Waals surface area (Å²) in [5.41, 5.74) is 0.531. The first-order valence-corrected chi connectivity index (χ1v) is 5.64. The van der Waals surface area contributed by atoms with Crippen LogP contribution in [0.25, 0.3) is 0 Å². The van der Waals surface area contributed by atoms with Crippen molar-refractivity contribution < 1.29 is 14.6 Å². The van der Waals surface area contributed by atoms with Crippen LogP contribution in [0.1, 0.15) is 12.5 Å². The van der Waals surface area contributed by atoms with Crippen LogP contribution in [-0.4, -0.2) is 21.7 Å². The second-order valence-electron chi connectivity index (χ2n) is 3.49. The van der Waals surface area contributed by atoms with Crippen LogP contribution < -0.4 is 9.47 Å². The first kappa shape index (κ1) is 12.3. The van der Waals surface area contributed by atoms with Crippen molar-refractivity contribution in [2.45, 2.75) is 13.5 Å². The molecular weight excluding hydrogens is 232 g/mol. The quantitative estimate of drug-likeness (QED) is 0.875. The van der Waals surface area contributed by atoms with Crippen LogP contribution in [0.15, 0.2) is 36.8 Å². The molecule has 0 amide bonds. The third-order valence-corrected chi connectivity index (χ3v) is 2.27. The fourth-order valence-corrected chi connectivity index (χ4v) is 1.46. The molecule has 0 fully saturated rings. The number of hydrogen-bond acceptors (Lipinski definition) is 5. The molecule has 0 saturated heterocycles. The molecule has 0 aliphatic carbocycles. The van der Waals surface area contributed by atoms with Crippen LogP contribution in [0.2, 0.25) is 0 Å². The number of hydrogen-bond donors (Lipinski definition) is 1.